The number of hydrogen-bond donors (Lipinski definition) is 1. The lowest BCUT2D eigenvalue weighted by Gasteiger charge is -2.26. The predicted molar refractivity (Wildman–Crippen MR) is 85.3 cm³/mol. The van der Waals surface area contributed by atoms with Crippen molar-refractivity contribution >= 4 is 11.8 Å². The highest BCUT2D eigenvalue weighted by atomic mass is 16.5. The molecule has 0 bridgehead atoms. The quantitative estimate of drug-likeness (QED) is 0.804. The average molecular weight is 329 g/mol. The van der Waals surface area contributed by atoms with E-state index in [1.807, 2.05) is 29.8 Å². The molecule has 1 N–H and O–H groups in total. The fourth-order valence-corrected chi connectivity index (χ4v) is 2.45. The van der Waals surface area contributed by atoms with E-state index in [0.717, 1.165) is 17.2 Å². The van der Waals surface area contributed by atoms with Gasteiger partial charge in [-0.05, 0) is 18.6 Å². The van der Waals surface area contributed by atoms with Gasteiger partial charge in [0.05, 0.1) is 13.2 Å². The van der Waals surface area contributed by atoms with Crippen molar-refractivity contribution < 1.29 is 14.3 Å². The molecule has 24 heavy (non-hydrogen) atoms. The molecule has 0 saturated carbocycles. The van der Waals surface area contributed by atoms with E-state index in [9.17, 15) is 9.59 Å². The van der Waals surface area contributed by atoms with Crippen molar-refractivity contribution in [1.29, 1.82) is 0 Å². The van der Waals surface area contributed by atoms with Crippen LogP contribution in [0.15, 0.2) is 30.7 Å². The molecule has 1 aliphatic rings. The van der Waals surface area contributed by atoms with Gasteiger partial charge in [-0.2, -0.15) is 0 Å². The van der Waals surface area contributed by atoms with Gasteiger partial charge in [0.15, 0.2) is 0 Å². The van der Waals surface area contributed by atoms with Crippen molar-refractivity contribution in [2.45, 2.75) is 13.5 Å². The summed E-state index contributed by atoms with van der Waals surface area (Å²) in [7, 11) is 0. The van der Waals surface area contributed by atoms with Crippen molar-refractivity contribution in [2.75, 3.05) is 26.3 Å². The molecule has 1 aliphatic heterocycles. The summed E-state index contributed by atoms with van der Waals surface area (Å²) in [6.07, 6.45) is 5.22. The van der Waals surface area contributed by atoms with Crippen LogP contribution in [0.25, 0.3) is 5.82 Å². The molecule has 1 saturated heterocycles. The highest BCUT2D eigenvalue weighted by molar-refractivity contribution is 6.34. The lowest BCUT2D eigenvalue weighted by Crippen LogP contribution is -2.47. The van der Waals surface area contributed by atoms with Gasteiger partial charge in [0.2, 0.25) is 0 Å². The number of pyridine rings is 1. The first kappa shape index (κ1) is 16.1. The Morgan fingerprint density at radius 2 is 2.04 bits per heavy atom. The Hall–Kier alpha value is -2.74. The maximum Gasteiger partial charge on any atom is 0.312 e. The Kier molecular flexibility index (Phi) is 4.85. The number of nitrogens with zero attached hydrogens (tertiary/aromatic N) is 4. The molecule has 0 aromatic carbocycles. The van der Waals surface area contributed by atoms with Gasteiger partial charge in [-0.25, -0.2) is 9.97 Å². The number of aromatic nitrogens is 3. The van der Waals surface area contributed by atoms with Crippen molar-refractivity contribution in [3.63, 3.8) is 0 Å². The normalized spacial score (nSPS) is 14.5. The number of nitrogens with one attached hydrogen (secondary N) is 1. The second-order valence-corrected chi connectivity index (χ2v) is 5.46. The third-order valence-electron chi connectivity index (χ3n) is 3.83. The van der Waals surface area contributed by atoms with Gasteiger partial charge >= 0.3 is 11.8 Å². The first-order valence-electron chi connectivity index (χ1n) is 7.75. The van der Waals surface area contributed by atoms with E-state index in [1.165, 1.54) is 4.90 Å². The zero-order valence-electron chi connectivity index (χ0n) is 13.4. The van der Waals surface area contributed by atoms with Crippen LogP contribution in [0, 0.1) is 6.92 Å². The fraction of sp³-hybridized carbons (Fsp3) is 0.375. The summed E-state index contributed by atoms with van der Waals surface area (Å²) in [4.78, 5) is 33.9. The molecule has 8 nitrogen and oxygen atoms in total. The zero-order valence-corrected chi connectivity index (χ0v) is 13.4. The van der Waals surface area contributed by atoms with Crippen LogP contribution >= 0.6 is 0 Å². The van der Waals surface area contributed by atoms with Gasteiger partial charge in [0.25, 0.3) is 0 Å². The van der Waals surface area contributed by atoms with Crippen LogP contribution in [0.4, 0.5) is 0 Å². The average Bonchev–Trinajstić information content (AvgIpc) is 3.06. The molecule has 3 heterocycles. The Morgan fingerprint density at radius 3 is 2.67 bits per heavy atom. The maximum absolute atomic E-state index is 12.0. The number of rotatable bonds is 3. The minimum absolute atomic E-state index is 0.255. The molecule has 8 heteroatoms. The second kappa shape index (κ2) is 7.22. The Labute approximate surface area is 139 Å². The monoisotopic (exact) mass is 329 g/mol. The molecular formula is C16H19N5O3. The first-order valence-corrected chi connectivity index (χ1v) is 7.75. The van der Waals surface area contributed by atoms with Gasteiger partial charge < -0.3 is 15.0 Å². The number of morpholine rings is 1. The zero-order chi connectivity index (χ0) is 16.9. The number of carbonyl (C=O) groups excluding carboxylic acids is 2. The third kappa shape index (κ3) is 3.60. The molecule has 0 radical (unpaired) electrons. The lowest BCUT2D eigenvalue weighted by atomic mass is 10.2. The molecule has 1 fully saturated rings. The minimum Gasteiger partial charge on any atom is -0.378 e. The fourth-order valence-electron chi connectivity index (χ4n) is 2.45. The van der Waals surface area contributed by atoms with E-state index in [4.69, 9.17) is 4.74 Å². The van der Waals surface area contributed by atoms with E-state index >= 15 is 0 Å². The number of aryl methyl sites for hydroxylation is 1. The maximum atomic E-state index is 12.0. The molecule has 126 valence electrons. The number of hydrogen-bond acceptors (Lipinski definition) is 5. The van der Waals surface area contributed by atoms with E-state index in [-0.39, 0.29) is 6.54 Å². The molecule has 0 atom stereocenters. The highest BCUT2D eigenvalue weighted by Crippen LogP contribution is 2.08. The van der Waals surface area contributed by atoms with Crippen LogP contribution in [-0.4, -0.2) is 57.6 Å². The van der Waals surface area contributed by atoms with Crippen LogP contribution in [0.2, 0.25) is 0 Å². The summed E-state index contributed by atoms with van der Waals surface area (Å²) in [6.45, 7) is 3.99. The van der Waals surface area contributed by atoms with Crippen molar-refractivity contribution in [1.82, 2.24) is 24.8 Å². The van der Waals surface area contributed by atoms with Gasteiger partial charge in [0, 0.05) is 38.2 Å². The predicted octanol–water partition coefficient (Wildman–Crippen LogP) is 0.0507. The molecule has 0 unspecified atom stereocenters. The molecule has 0 aliphatic carbocycles. The largest absolute Gasteiger partial charge is 0.378 e. The molecule has 2 aromatic rings. The summed E-state index contributed by atoms with van der Waals surface area (Å²) in [6, 6.07) is 3.71. The minimum atomic E-state index is -0.605. The summed E-state index contributed by atoms with van der Waals surface area (Å²) in [5.74, 6) is 0.479. The molecular weight excluding hydrogens is 310 g/mol. The molecule has 3 rings (SSSR count). The highest BCUT2D eigenvalue weighted by Gasteiger charge is 2.23. The topological polar surface area (TPSA) is 89.4 Å². The number of imidazole rings is 1. The molecule has 2 amide bonds. The number of ether oxygens (including phenoxy) is 1. The van der Waals surface area contributed by atoms with Gasteiger partial charge in [-0.1, -0.05) is 6.07 Å². The summed E-state index contributed by atoms with van der Waals surface area (Å²) in [5.41, 5.74) is 0.819. The smallest absolute Gasteiger partial charge is 0.312 e. The van der Waals surface area contributed by atoms with Crippen LogP contribution < -0.4 is 5.32 Å². The SMILES string of the molecule is Cc1nccn1-c1ccc(CNC(=O)C(=O)N2CCOCC2)cn1. The second-order valence-electron chi connectivity index (χ2n) is 5.46. The molecule has 2 aromatic heterocycles. The number of amides is 2. The Morgan fingerprint density at radius 1 is 1.25 bits per heavy atom. The standard InChI is InChI=1S/C16H19N5O3/c1-12-17-4-5-21(12)14-3-2-13(10-18-14)11-19-15(22)16(23)20-6-8-24-9-7-20/h2-5,10H,6-9,11H2,1H3,(H,19,22). The first-order chi connectivity index (χ1) is 11.6. The van der Waals surface area contributed by atoms with Crippen molar-refractivity contribution in [3.05, 3.63) is 42.1 Å². The summed E-state index contributed by atoms with van der Waals surface area (Å²) < 4.78 is 7.03. The summed E-state index contributed by atoms with van der Waals surface area (Å²) >= 11 is 0. The van der Waals surface area contributed by atoms with Crippen LogP contribution in [0.1, 0.15) is 11.4 Å². The van der Waals surface area contributed by atoms with E-state index < -0.39 is 11.8 Å². The number of carbonyl (C=O) groups is 2. The van der Waals surface area contributed by atoms with E-state index in [1.54, 1.807) is 12.4 Å². The van der Waals surface area contributed by atoms with Gasteiger partial charge in [0.1, 0.15) is 11.6 Å². The third-order valence-corrected chi connectivity index (χ3v) is 3.83. The van der Waals surface area contributed by atoms with Gasteiger partial charge in [-0.3, -0.25) is 14.2 Å². The summed E-state index contributed by atoms with van der Waals surface area (Å²) in [5, 5.41) is 2.63. The van der Waals surface area contributed by atoms with E-state index in [2.05, 4.69) is 15.3 Å². The van der Waals surface area contributed by atoms with Crippen LogP contribution in [0.5, 0.6) is 0 Å². The Balaban J connectivity index is 1.55. The van der Waals surface area contributed by atoms with Crippen LogP contribution in [-0.2, 0) is 20.9 Å². The van der Waals surface area contributed by atoms with E-state index in [0.29, 0.717) is 26.3 Å². The van der Waals surface area contributed by atoms with Gasteiger partial charge in [-0.15, -0.1) is 0 Å². The lowest BCUT2D eigenvalue weighted by molar-refractivity contribution is -0.148. The molecule has 0 spiro atoms. The van der Waals surface area contributed by atoms with Crippen molar-refractivity contribution in [3.8, 4) is 5.82 Å². The Bertz CT molecular complexity index is 720. The van der Waals surface area contributed by atoms with Crippen LogP contribution in [0.3, 0.4) is 0 Å². The van der Waals surface area contributed by atoms with Crippen molar-refractivity contribution in [2.24, 2.45) is 0 Å².